The number of benzene rings is 2. The first-order valence-corrected chi connectivity index (χ1v) is 6.68. The summed E-state index contributed by atoms with van der Waals surface area (Å²) in [6.45, 7) is 0.341. The van der Waals surface area contributed by atoms with Crippen LogP contribution >= 0.6 is 15.9 Å². The highest BCUT2D eigenvalue weighted by molar-refractivity contribution is 9.10. The Morgan fingerprint density at radius 1 is 1.20 bits per heavy atom. The van der Waals surface area contributed by atoms with E-state index in [1.807, 2.05) is 18.2 Å². The van der Waals surface area contributed by atoms with E-state index < -0.39 is 5.97 Å². The van der Waals surface area contributed by atoms with Crippen LogP contribution < -0.4 is 9.47 Å². The van der Waals surface area contributed by atoms with Gasteiger partial charge in [0.2, 0.25) is 0 Å². The molecule has 0 saturated carbocycles. The Bertz CT molecular complexity index is 625. The zero-order chi connectivity index (χ0) is 14.5. The summed E-state index contributed by atoms with van der Waals surface area (Å²) in [5, 5.41) is 8.90. The summed E-state index contributed by atoms with van der Waals surface area (Å²) in [6.07, 6.45) is 0. The minimum absolute atomic E-state index is 0.238. The van der Waals surface area contributed by atoms with Crippen LogP contribution in [0.1, 0.15) is 15.9 Å². The number of methoxy groups -OCH3 is 1. The van der Waals surface area contributed by atoms with Crippen LogP contribution in [-0.2, 0) is 6.61 Å². The molecule has 0 heterocycles. The molecule has 0 radical (unpaired) electrons. The smallest absolute Gasteiger partial charge is 0.335 e. The van der Waals surface area contributed by atoms with Gasteiger partial charge in [0.1, 0.15) is 18.1 Å². The normalized spacial score (nSPS) is 10.1. The van der Waals surface area contributed by atoms with Gasteiger partial charge in [-0.05, 0) is 24.3 Å². The van der Waals surface area contributed by atoms with E-state index in [0.717, 1.165) is 11.3 Å². The van der Waals surface area contributed by atoms with E-state index in [1.165, 1.54) is 0 Å². The number of ether oxygens (including phenoxy) is 2. The van der Waals surface area contributed by atoms with E-state index in [9.17, 15) is 4.79 Å². The molecule has 1 N–H and O–H groups in total. The van der Waals surface area contributed by atoms with E-state index in [1.54, 1.807) is 31.4 Å². The third-order valence-corrected chi connectivity index (χ3v) is 3.47. The van der Waals surface area contributed by atoms with Gasteiger partial charge in [-0.1, -0.05) is 28.1 Å². The van der Waals surface area contributed by atoms with Gasteiger partial charge < -0.3 is 14.6 Å². The maximum absolute atomic E-state index is 10.8. The third kappa shape index (κ3) is 3.51. The van der Waals surface area contributed by atoms with Crippen LogP contribution in [0.2, 0.25) is 0 Å². The van der Waals surface area contributed by atoms with Gasteiger partial charge in [0.15, 0.2) is 0 Å². The summed E-state index contributed by atoms with van der Waals surface area (Å²) in [4.78, 5) is 10.8. The van der Waals surface area contributed by atoms with Crippen LogP contribution in [0.3, 0.4) is 0 Å². The maximum Gasteiger partial charge on any atom is 0.335 e. The number of carboxylic acid groups (broad SMARTS) is 1. The molecular weight excluding hydrogens is 324 g/mol. The predicted octanol–water partition coefficient (Wildman–Crippen LogP) is 3.73. The SMILES string of the molecule is COc1cccc(OCc2ccc(C(=O)O)cc2Br)c1. The molecule has 0 atom stereocenters. The van der Waals surface area contributed by atoms with Crippen LogP contribution in [-0.4, -0.2) is 18.2 Å². The summed E-state index contributed by atoms with van der Waals surface area (Å²) in [6, 6.07) is 12.2. The van der Waals surface area contributed by atoms with Gasteiger partial charge in [-0.15, -0.1) is 0 Å². The average Bonchev–Trinajstić information content (AvgIpc) is 2.46. The molecule has 4 nitrogen and oxygen atoms in total. The lowest BCUT2D eigenvalue weighted by molar-refractivity contribution is 0.0696. The van der Waals surface area contributed by atoms with Crippen LogP contribution in [0, 0.1) is 0 Å². The van der Waals surface area contributed by atoms with E-state index in [4.69, 9.17) is 14.6 Å². The second-order valence-corrected chi connectivity index (χ2v) is 4.93. The topological polar surface area (TPSA) is 55.8 Å². The van der Waals surface area contributed by atoms with Gasteiger partial charge >= 0.3 is 5.97 Å². The summed E-state index contributed by atoms with van der Waals surface area (Å²) >= 11 is 3.35. The average molecular weight is 337 g/mol. The molecule has 2 aromatic rings. The highest BCUT2D eigenvalue weighted by atomic mass is 79.9. The minimum atomic E-state index is -0.953. The van der Waals surface area contributed by atoms with Gasteiger partial charge in [0.25, 0.3) is 0 Å². The number of hydrogen-bond acceptors (Lipinski definition) is 3. The van der Waals surface area contributed by atoms with Crippen molar-refractivity contribution in [1.82, 2.24) is 0 Å². The Labute approximate surface area is 125 Å². The van der Waals surface area contributed by atoms with Crippen molar-refractivity contribution in [3.05, 3.63) is 58.1 Å². The third-order valence-electron chi connectivity index (χ3n) is 2.74. The molecule has 0 unspecified atom stereocenters. The molecule has 20 heavy (non-hydrogen) atoms. The van der Waals surface area contributed by atoms with Gasteiger partial charge in [0.05, 0.1) is 12.7 Å². The lowest BCUT2D eigenvalue weighted by Gasteiger charge is -2.09. The molecule has 0 saturated heterocycles. The predicted molar refractivity (Wildman–Crippen MR) is 78.4 cm³/mol. The van der Waals surface area contributed by atoms with Gasteiger partial charge in [0, 0.05) is 16.1 Å². The molecule has 2 rings (SSSR count). The first-order valence-electron chi connectivity index (χ1n) is 5.88. The quantitative estimate of drug-likeness (QED) is 0.903. The Morgan fingerprint density at radius 3 is 2.60 bits per heavy atom. The number of halogens is 1. The first kappa shape index (κ1) is 14.4. The van der Waals surface area contributed by atoms with Crippen molar-refractivity contribution in [2.75, 3.05) is 7.11 Å². The standard InChI is InChI=1S/C15H13BrO4/c1-19-12-3-2-4-13(8-12)20-9-11-6-5-10(15(17)18)7-14(11)16/h2-8H,9H2,1H3,(H,17,18). The molecule has 104 valence electrons. The fourth-order valence-corrected chi connectivity index (χ4v) is 2.14. The number of rotatable bonds is 5. The van der Waals surface area contributed by atoms with E-state index >= 15 is 0 Å². The second kappa shape index (κ2) is 6.43. The van der Waals surface area contributed by atoms with Crippen LogP contribution in [0.25, 0.3) is 0 Å². The van der Waals surface area contributed by atoms with Crippen molar-refractivity contribution in [2.24, 2.45) is 0 Å². The molecule has 0 fully saturated rings. The Balaban J connectivity index is 2.08. The van der Waals surface area contributed by atoms with Crippen LogP contribution in [0.5, 0.6) is 11.5 Å². The summed E-state index contributed by atoms with van der Waals surface area (Å²) in [7, 11) is 1.60. The summed E-state index contributed by atoms with van der Waals surface area (Å²) in [5.41, 5.74) is 1.11. The zero-order valence-electron chi connectivity index (χ0n) is 10.8. The molecule has 0 aliphatic rings. The van der Waals surface area contributed by atoms with Gasteiger partial charge in [-0.2, -0.15) is 0 Å². The van der Waals surface area contributed by atoms with Crippen molar-refractivity contribution in [3.63, 3.8) is 0 Å². The molecule has 0 spiro atoms. The lowest BCUT2D eigenvalue weighted by atomic mass is 10.1. The Hall–Kier alpha value is -2.01. The number of aromatic carboxylic acids is 1. The minimum Gasteiger partial charge on any atom is -0.497 e. The van der Waals surface area contributed by atoms with E-state index in [0.29, 0.717) is 16.8 Å². The first-order chi connectivity index (χ1) is 9.60. The molecule has 5 heteroatoms. The molecular formula is C15H13BrO4. The van der Waals surface area contributed by atoms with Crippen molar-refractivity contribution in [3.8, 4) is 11.5 Å². The van der Waals surface area contributed by atoms with Crippen LogP contribution in [0.4, 0.5) is 0 Å². The van der Waals surface area contributed by atoms with E-state index in [2.05, 4.69) is 15.9 Å². The Kier molecular flexibility index (Phi) is 4.63. The Morgan fingerprint density at radius 2 is 1.95 bits per heavy atom. The van der Waals surface area contributed by atoms with E-state index in [-0.39, 0.29) is 5.56 Å². The summed E-state index contributed by atoms with van der Waals surface area (Å²) in [5.74, 6) is 0.465. The van der Waals surface area contributed by atoms with Gasteiger partial charge in [-0.3, -0.25) is 0 Å². The number of carboxylic acids is 1. The maximum atomic E-state index is 10.8. The molecule has 0 bridgehead atoms. The number of hydrogen-bond donors (Lipinski definition) is 1. The largest absolute Gasteiger partial charge is 0.497 e. The fraction of sp³-hybridized carbons (Fsp3) is 0.133. The lowest BCUT2D eigenvalue weighted by Crippen LogP contribution is -2.00. The van der Waals surface area contributed by atoms with Crippen molar-refractivity contribution in [2.45, 2.75) is 6.61 Å². The monoisotopic (exact) mass is 336 g/mol. The fourth-order valence-electron chi connectivity index (χ4n) is 1.65. The van der Waals surface area contributed by atoms with Crippen molar-refractivity contribution in [1.29, 1.82) is 0 Å². The highest BCUT2D eigenvalue weighted by Gasteiger charge is 2.07. The van der Waals surface area contributed by atoms with Gasteiger partial charge in [-0.25, -0.2) is 4.79 Å². The molecule has 0 amide bonds. The molecule has 0 aliphatic heterocycles. The highest BCUT2D eigenvalue weighted by Crippen LogP contribution is 2.23. The number of carbonyl (C=O) groups is 1. The zero-order valence-corrected chi connectivity index (χ0v) is 12.4. The molecule has 0 aliphatic carbocycles. The van der Waals surface area contributed by atoms with Crippen molar-refractivity contribution < 1.29 is 19.4 Å². The van der Waals surface area contributed by atoms with Crippen LogP contribution in [0.15, 0.2) is 46.9 Å². The second-order valence-electron chi connectivity index (χ2n) is 4.08. The van der Waals surface area contributed by atoms with Crippen molar-refractivity contribution >= 4 is 21.9 Å². The molecule has 2 aromatic carbocycles. The summed E-state index contributed by atoms with van der Waals surface area (Å²) < 4.78 is 11.5. The molecule has 0 aromatic heterocycles.